The van der Waals surface area contributed by atoms with Crippen molar-refractivity contribution in [2.24, 2.45) is 0 Å². The van der Waals surface area contributed by atoms with Gasteiger partial charge < -0.3 is 10.2 Å². The van der Waals surface area contributed by atoms with Crippen molar-refractivity contribution in [3.8, 4) is 0 Å². The first-order valence-corrected chi connectivity index (χ1v) is 7.89. The molecule has 1 aromatic heterocycles. The Morgan fingerprint density at radius 3 is 2.61 bits per heavy atom. The lowest BCUT2D eigenvalue weighted by Gasteiger charge is -2.26. The lowest BCUT2D eigenvalue weighted by molar-refractivity contribution is 0.628. The zero-order valence-corrected chi connectivity index (χ0v) is 13.2. The van der Waals surface area contributed by atoms with Crippen LogP contribution in [0.2, 0.25) is 0 Å². The number of nitrogens with one attached hydrogen (secondary N) is 1. The molecule has 18 heavy (non-hydrogen) atoms. The van der Waals surface area contributed by atoms with Crippen LogP contribution in [0.5, 0.6) is 0 Å². The van der Waals surface area contributed by atoms with Crippen molar-refractivity contribution in [1.82, 2.24) is 10.3 Å². The molecule has 0 saturated carbocycles. The highest BCUT2D eigenvalue weighted by atomic mass is 32.1. The van der Waals surface area contributed by atoms with Crippen molar-refractivity contribution in [2.75, 3.05) is 18.0 Å². The van der Waals surface area contributed by atoms with Crippen molar-refractivity contribution in [3.05, 3.63) is 10.6 Å². The maximum Gasteiger partial charge on any atom is 0.186 e. The van der Waals surface area contributed by atoms with Crippen LogP contribution in [-0.4, -0.2) is 24.1 Å². The van der Waals surface area contributed by atoms with Crippen LogP contribution in [0.3, 0.4) is 0 Å². The Bertz CT molecular complexity index is 349. The van der Waals surface area contributed by atoms with Gasteiger partial charge in [-0.25, -0.2) is 4.98 Å². The third-order valence-electron chi connectivity index (χ3n) is 3.30. The zero-order valence-electron chi connectivity index (χ0n) is 12.4. The van der Waals surface area contributed by atoms with Gasteiger partial charge in [-0.2, -0.15) is 0 Å². The summed E-state index contributed by atoms with van der Waals surface area (Å²) in [7, 11) is 0. The predicted molar refractivity (Wildman–Crippen MR) is 81.6 cm³/mol. The number of nitrogens with zero attached hydrogens (tertiary/aromatic N) is 2. The lowest BCUT2D eigenvalue weighted by atomic mass is 10.2. The third kappa shape index (κ3) is 3.95. The highest BCUT2D eigenvalue weighted by Crippen LogP contribution is 2.27. The van der Waals surface area contributed by atoms with Crippen LogP contribution in [0.4, 0.5) is 5.13 Å². The largest absolute Gasteiger partial charge is 0.346 e. The molecular weight excluding hydrogens is 242 g/mol. The summed E-state index contributed by atoms with van der Waals surface area (Å²) in [4.78, 5) is 8.51. The highest BCUT2D eigenvalue weighted by molar-refractivity contribution is 7.15. The van der Waals surface area contributed by atoms with Crippen LogP contribution in [0.1, 0.15) is 51.1 Å². The summed E-state index contributed by atoms with van der Waals surface area (Å²) in [6.45, 7) is 14.1. The molecule has 0 spiro atoms. The molecule has 0 saturated heterocycles. The van der Waals surface area contributed by atoms with Crippen LogP contribution in [0.15, 0.2) is 0 Å². The van der Waals surface area contributed by atoms with Gasteiger partial charge in [0.1, 0.15) is 0 Å². The minimum absolute atomic E-state index is 0.567. The summed E-state index contributed by atoms with van der Waals surface area (Å²) >= 11 is 1.84. The SMILES string of the molecule is CCCNCc1sc(N(CC)C(C)CC)nc1C. The molecule has 0 aromatic carbocycles. The van der Waals surface area contributed by atoms with E-state index in [1.54, 1.807) is 0 Å². The first kappa shape index (κ1) is 15.4. The van der Waals surface area contributed by atoms with Crippen molar-refractivity contribution >= 4 is 16.5 Å². The van der Waals surface area contributed by atoms with Gasteiger partial charge in [0.15, 0.2) is 5.13 Å². The fraction of sp³-hybridized carbons (Fsp3) is 0.786. The minimum atomic E-state index is 0.567. The Morgan fingerprint density at radius 1 is 1.33 bits per heavy atom. The van der Waals surface area contributed by atoms with Gasteiger partial charge in [-0.15, -0.1) is 11.3 Å². The van der Waals surface area contributed by atoms with Gasteiger partial charge in [-0.05, 0) is 40.2 Å². The average molecular weight is 269 g/mol. The molecule has 3 nitrogen and oxygen atoms in total. The molecule has 1 unspecified atom stereocenters. The van der Waals surface area contributed by atoms with E-state index in [9.17, 15) is 0 Å². The Labute approximate surface area is 116 Å². The molecule has 1 atom stereocenters. The van der Waals surface area contributed by atoms with Crippen LogP contribution in [-0.2, 0) is 6.54 Å². The fourth-order valence-corrected chi connectivity index (χ4v) is 3.13. The normalized spacial score (nSPS) is 12.7. The molecule has 1 aromatic rings. The number of thiazole rings is 1. The number of hydrogen-bond acceptors (Lipinski definition) is 4. The van der Waals surface area contributed by atoms with Crippen molar-refractivity contribution in [2.45, 2.75) is 60.0 Å². The lowest BCUT2D eigenvalue weighted by Crippen LogP contribution is -2.32. The fourth-order valence-electron chi connectivity index (χ4n) is 1.93. The first-order valence-electron chi connectivity index (χ1n) is 7.07. The smallest absolute Gasteiger partial charge is 0.186 e. The van der Waals surface area contributed by atoms with Gasteiger partial charge in [-0.3, -0.25) is 0 Å². The van der Waals surface area contributed by atoms with Gasteiger partial charge >= 0.3 is 0 Å². The van der Waals surface area contributed by atoms with E-state index in [1.807, 2.05) is 11.3 Å². The zero-order chi connectivity index (χ0) is 13.5. The van der Waals surface area contributed by atoms with Crippen molar-refractivity contribution in [1.29, 1.82) is 0 Å². The topological polar surface area (TPSA) is 28.2 Å². The average Bonchev–Trinajstić information content (AvgIpc) is 2.72. The Hall–Kier alpha value is -0.610. The number of hydrogen-bond donors (Lipinski definition) is 1. The predicted octanol–water partition coefficient (Wildman–Crippen LogP) is 3.58. The van der Waals surface area contributed by atoms with Gasteiger partial charge in [-0.1, -0.05) is 13.8 Å². The van der Waals surface area contributed by atoms with E-state index in [4.69, 9.17) is 4.98 Å². The van der Waals surface area contributed by atoms with Crippen LogP contribution < -0.4 is 10.2 Å². The molecular formula is C14H27N3S. The van der Waals surface area contributed by atoms with E-state index in [2.05, 4.69) is 44.8 Å². The van der Waals surface area contributed by atoms with Gasteiger partial charge in [0.25, 0.3) is 0 Å². The maximum absolute atomic E-state index is 4.73. The number of aryl methyl sites for hydroxylation is 1. The highest BCUT2D eigenvalue weighted by Gasteiger charge is 2.16. The molecule has 4 heteroatoms. The third-order valence-corrected chi connectivity index (χ3v) is 4.50. The number of anilines is 1. The molecule has 1 heterocycles. The van der Waals surface area contributed by atoms with Crippen LogP contribution in [0.25, 0.3) is 0 Å². The van der Waals surface area contributed by atoms with Crippen molar-refractivity contribution < 1.29 is 0 Å². The molecule has 0 aliphatic rings. The summed E-state index contributed by atoms with van der Waals surface area (Å²) in [5.74, 6) is 0. The number of aromatic nitrogens is 1. The van der Waals surface area contributed by atoms with E-state index in [1.165, 1.54) is 22.1 Å². The second kappa shape index (κ2) is 7.74. The molecule has 104 valence electrons. The second-order valence-corrected chi connectivity index (χ2v) is 5.79. The van der Waals surface area contributed by atoms with Gasteiger partial charge in [0, 0.05) is 24.0 Å². The number of rotatable bonds is 8. The molecule has 0 aliphatic carbocycles. The maximum atomic E-state index is 4.73. The molecule has 1 N–H and O–H groups in total. The molecule has 0 fully saturated rings. The van der Waals surface area contributed by atoms with Crippen LogP contribution in [0, 0.1) is 6.92 Å². The minimum Gasteiger partial charge on any atom is -0.346 e. The van der Waals surface area contributed by atoms with Gasteiger partial charge in [0.2, 0.25) is 0 Å². The van der Waals surface area contributed by atoms with Gasteiger partial charge in [0.05, 0.1) is 5.69 Å². The van der Waals surface area contributed by atoms with E-state index >= 15 is 0 Å². The van der Waals surface area contributed by atoms with Crippen molar-refractivity contribution in [3.63, 3.8) is 0 Å². The quantitative estimate of drug-likeness (QED) is 0.731. The standard InChI is InChI=1S/C14H27N3S/c1-6-9-15-10-13-12(5)16-14(18-13)17(8-3)11(4)7-2/h11,15H,6-10H2,1-5H3. The molecule has 0 amide bonds. The summed E-state index contributed by atoms with van der Waals surface area (Å²) in [5.41, 5.74) is 1.18. The Kier molecular flexibility index (Phi) is 6.65. The molecule has 1 rings (SSSR count). The van der Waals surface area contributed by atoms with E-state index in [0.29, 0.717) is 6.04 Å². The molecule has 0 aliphatic heterocycles. The Balaban J connectivity index is 2.74. The summed E-state index contributed by atoms with van der Waals surface area (Å²) in [6, 6.07) is 0.567. The monoisotopic (exact) mass is 269 g/mol. The second-order valence-electron chi connectivity index (χ2n) is 4.73. The molecule has 0 bridgehead atoms. The summed E-state index contributed by atoms with van der Waals surface area (Å²) in [5, 5.41) is 4.64. The van der Waals surface area contributed by atoms with E-state index in [0.717, 1.165) is 26.1 Å². The van der Waals surface area contributed by atoms with E-state index < -0.39 is 0 Å². The van der Waals surface area contributed by atoms with Crippen LogP contribution >= 0.6 is 11.3 Å². The summed E-state index contributed by atoms with van der Waals surface area (Å²) < 4.78 is 0. The first-order chi connectivity index (χ1) is 8.63. The Morgan fingerprint density at radius 2 is 2.06 bits per heavy atom. The molecule has 0 radical (unpaired) electrons. The van der Waals surface area contributed by atoms with E-state index in [-0.39, 0.29) is 0 Å². The summed E-state index contributed by atoms with van der Waals surface area (Å²) in [6.07, 6.45) is 2.34.